The van der Waals surface area contributed by atoms with Gasteiger partial charge in [0.15, 0.2) is 5.96 Å². The monoisotopic (exact) mass is 441 g/mol. The third-order valence-electron chi connectivity index (χ3n) is 3.16. The summed E-state index contributed by atoms with van der Waals surface area (Å²) in [5.74, 6) is 1.23. The van der Waals surface area contributed by atoms with Crippen LogP contribution in [0, 0.1) is 0 Å². The molecule has 1 fully saturated rings. The lowest BCUT2D eigenvalue weighted by Crippen LogP contribution is -2.38. The number of nitrogens with one attached hydrogen (secondary N) is 2. The van der Waals surface area contributed by atoms with E-state index >= 15 is 0 Å². The van der Waals surface area contributed by atoms with E-state index in [9.17, 15) is 8.78 Å². The number of alkyl halides is 2. The molecule has 0 atom stereocenters. The fourth-order valence-electron chi connectivity index (χ4n) is 1.90. The van der Waals surface area contributed by atoms with Crippen molar-refractivity contribution in [2.75, 3.05) is 13.7 Å². The largest absolute Gasteiger partial charge is 0.497 e. The van der Waals surface area contributed by atoms with E-state index in [-0.39, 0.29) is 36.3 Å². The van der Waals surface area contributed by atoms with Crippen LogP contribution in [0.2, 0.25) is 0 Å². The second-order valence-corrected chi connectivity index (χ2v) is 4.97. The summed E-state index contributed by atoms with van der Waals surface area (Å²) >= 11 is 0. The Bertz CT molecular complexity index is 525. The summed E-state index contributed by atoms with van der Waals surface area (Å²) < 4.78 is 34.6. The number of hydrogen-bond donors (Lipinski definition) is 2. The van der Waals surface area contributed by atoms with Gasteiger partial charge in [0.05, 0.1) is 13.7 Å². The molecule has 130 valence electrons. The first-order chi connectivity index (χ1) is 10.6. The van der Waals surface area contributed by atoms with Gasteiger partial charge in [-0.25, -0.2) is 4.99 Å². The van der Waals surface area contributed by atoms with Gasteiger partial charge in [0.1, 0.15) is 11.5 Å². The van der Waals surface area contributed by atoms with Crippen molar-refractivity contribution < 1.29 is 18.3 Å². The van der Waals surface area contributed by atoms with Crippen LogP contribution in [0.25, 0.3) is 0 Å². The zero-order chi connectivity index (χ0) is 15.9. The van der Waals surface area contributed by atoms with Crippen molar-refractivity contribution in [2.24, 2.45) is 4.99 Å². The standard InChI is InChI=1S/C15H21F2N3O2.HI/c1-3-18-15(20-11-5-6-11)19-9-10-4-7-12(21-2)8-13(10)22-14(16)17;/h4,7-8,11,14H,3,5-6,9H2,1-2H3,(H2,18,19,20);1H. The fourth-order valence-corrected chi connectivity index (χ4v) is 1.90. The van der Waals surface area contributed by atoms with Gasteiger partial charge in [-0.1, -0.05) is 0 Å². The molecule has 0 saturated heterocycles. The van der Waals surface area contributed by atoms with E-state index in [4.69, 9.17) is 4.74 Å². The molecule has 0 aromatic heterocycles. The van der Waals surface area contributed by atoms with Gasteiger partial charge >= 0.3 is 6.61 Å². The Morgan fingerprint density at radius 3 is 2.70 bits per heavy atom. The predicted octanol–water partition coefficient (Wildman–Crippen LogP) is 3.13. The molecule has 0 spiro atoms. The highest BCUT2D eigenvalue weighted by atomic mass is 127. The Morgan fingerprint density at radius 2 is 2.13 bits per heavy atom. The fraction of sp³-hybridized carbons (Fsp3) is 0.533. The van der Waals surface area contributed by atoms with E-state index in [1.54, 1.807) is 12.1 Å². The lowest BCUT2D eigenvalue weighted by Gasteiger charge is -2.13. The Morgan fingerprint density at radius 1 is 1.39 bits per heavy atom. The lowest BCUT2D eigenvalue weighted by atomic mass is 10.2. The van der Waals surface area contributed by atoms with Crippen LogP contribution in [0.4, 0.5) is 8.78 Å². The van der Waals surface area contributed by atoms with Crippen molar-refractivity contribution in [3.8, 4) is 11.5 Å². The second kappa shape index (κ2) is 9.74. The van der Waals surface area contributed by atoms with Crippen LogP contribution in [-0.2, 0) is 6.54 Å². The summed E-state index contributed by atoms with van der Waals surface area (Å²) in [4.78, 5) is 4.42. The summed E-state index contributed by atoms with van der Waals surface area (Å²) in [5.41, 5.74) is 0.578. The highest BCUT2D eigenvalue weighted by molar-refractivity contribution is 14.0. The topological polar surface area (TPSA) is 54.9 Å². The minimum absolute atomic E-state index is 0. The number of rotatable bonds is 7. The molecule has 0 heterocycles. The van der Waals surface area contributed by atoms with Gasteiger partial charge < -0.3 is 20.1 Å². The van der Waals surface area contributed by atoms with Gasteiger partial charge in [-0.3, -0.25) is 0 Å². The van der Waals surface area contributed by atoms with Gasteiger partial charge in [0.2, 0.25) is 0 Å². The molecule has 2 N–H and O–H groups in total. The molecule has 0 aliphatic heterocycles. The van der Waals surface area contributed by atoms with Gasteiger partial charge in [0.25, 0.3) is 0 Å². The number of ether oxygens (including phenoxy) is 2. The summed E-state index contributed by atoms with van der Waals surface area (Å²) in [6, 6.07) is 5.29. The number of halogens is 3. The van der Waals surface area contributed by atoms with Crippen LogP contribution < -0.4 is 20.1 Å². The van der Waals surface area contributed by atoms with Gasteiger partial charge in [-0.2, -0.15) is 8.78 Å². The van der Waals surface area contributed by atoms with Gasteiger partial charge in [-0.05, 0) is 31.9 Å². The number of benzene rings is 1. The second-order valence-electron chi connectivity index (χ2n) is 4.97. The molecule has 0 amide bonds. The van der Waals surface area contributed by atoms with E-state index < -0.39 is 6.61 Å². The molecule has 1 aromatic rings. The van der Waals surface area contributed by atoms with Crippen molar-refractivity contribution in [1.82, 2.24) is 10.6 Å². The Kier molecular flexibility index (Phi) is 8.35. The van der Waals surface area contributed by atoms with Gasteiger partial charge in [-0.15, -0.1) is 24.0 Å². The SMILES string of the molecule is CCNC(=NCc1ccc(OC)cc1OC(F)F)NC1CC1.I. The van der Waals surface area contributed by atoms with Crippen LogP contribution >= 0.6 is 24.0 Å². The highest BCUT2D eigenvalue weighted by Gasteiger charge is 2.22. The molecule has 2 rings (SSSR count). The minimum Gasteiger partial charge on any atom is -0.497 e. The molecular formula is C15H22F2IN3O2. The van der Waals surface area contributed by atoms with Crippen LogP contribution in [-0.4, -0.2) is 32.3 Å². The van der Waals surface area contributed by atoms with E-state index in [2.05, 4.69) is 20.4 Å². The molecule has 1 aliphatic carbocycles. The third kappa shape index (κ3) is 6.76. The molecule has 0 radical (unpaired) electrons. The number of nitrogens with zero attached hydrogens (tertiary/aromatic N) is 1. The number of aliphatic imine (C=N–C) groups is 1. The molecule has 8 heteroatoms. The minimum atomic E-state index is -2.88. The zero-order valence-corrected chi connectivity index (χ0v) is 15.5. The maximum Gasteiger partial charge on any atom is 0.387 e. The van der Waals surface area contributed by atoms with Crippen molar-refractivity contribution in [3.05, 3.63) is 23.8 Å². The Labute approximate surface area is 151 Å². The third-order valence-corrected chi connectivity index (χ3v) is 3.16. The predicted molar refractivity (Wildman–Crippen MR) is 96.0 cm³/mol. The summed E-state index contributed by atoms with van der Waals surface area (Å²) in [5, 5.41) is 6.40. The zero-order valence-electron chi connectivity index (χ0n) is 13.1. The number of methoxy groups -OCH3 is 1. The molecule has 1 aliphatic rings. The van der Waals surface area contributed by atoms with Crippen LogP contribution in [0.5, 0.6) is 11.5 Å². The molecule has 1 aromatic carbocycles. The van der Waals surface area contributed by atoms with Crippen molar-refractivity contribution in [1.29, 1.82) is 0 Å². The van der Waals surface area contributed by atoms with Crippen molar-refractivity contribution in [2.45, 2.75) is 39.0 Å². The summed E-state index contributed by atoms with van der Waals surface area (Å²) in [6.45, 7) is 0.0750. The number of hydrogen-bond acceptors (Lipinski definition) is 3. The maximum absolute atomic E-state index is 12.5. The van der Waals surface area contributed by atoms with Crippen LogP contribution in [0.15, 0.2) is 23.2 Å². The van der Waals surface area contributed by atoms with Gasteiger partial charge in [0, 0.05) is 24.2 Å². The van der Waals surface area contributed by atoms with E-state index in [0.717, 1.165) is 19.4 Å². The molecule has 0 unspecified atom stereocenters. The average Bonchev–Trinajstić information content (AvgIpc) is 3.29. The van der Waals surface area contributed by atoms with E-state index in [1.165, 1.54) is 13.2 Å². The smallest absolute Gasteiger partial charge is 0.387 e. The first-order valence-corrected chi connectivity index (χ1v) is 7.29. The van der Waals surface area contributed by atoms with Crippen molar-refractivity contribution in [3.63, 3.8) is 0 Å². The molecular weight excluding hydrogens is 419 g/mol. The molecule has 23 heavy (non-hydrogen) atoms. The molecule has 5 nitrogen and oxygen atoms in total. The molecule has 1 saturated carbocycles. The Balaban J connectivity index is 0.00000264. The number of guanidine groups is 1. The van der Waals surface area contributed by atoms with Crippen LogP contribution in [0.1, 0.15) is 25.3 Å². The molecule has 0 bridgehead atoms. The quantitative estimate of drug-likeness (QED) is 0.388. The first kappa shape index (κ1) is 19.7. The average molecular weight is 441 g/mol. The first-order valence-electron chi connectivity index (χ1n) is 7.29. The summed E-state index contributed by atoms with van der Waals surface area (Å²) in [6.07, 6.45) is 2.26. The van der Waals surface area contributed by atoms with E-state index in [1.807, 2.05) is 6.92 Å². The normalized spacial score (nSPS) is 14.2. The highest BCUT2D eigenvalue weighted by Crippen LogP contribution is 2.27. The lowest BCUT2D eigenvalue weighted by molar-refractivity contribution is -0.0505. The van der Waals surface area contributed by atoms with E-state index in [0.29, 0.717) is 23.3 Å². The Hall–Kier alpha value is -1.32. The summed E-state index contributed by atoms with van der Waals surface area (Å²) in [7, 11) is 1.47. The maximum atomic E-state index is 12.5. The van der Waals surface area contributed by atoms with Crippen LogP contribution in [0.3, 0.4) is 0 Å². The van der Waals surface area contributed by atoms with Crippen molar-refractivity contribution >= 4 is 29.9 Å².